The molecule has 0 radical (unpaired) electrons. The van der Waals surface area contributed by atoms with Crippen LogP contribution in [0.25, 0.3) is 10.9 Å². The van der Waals surface area contributed by atoms with Gasteiger partial charge in [0, 0.05) is 35.6 Å². The van der Waals surface area contributed by atoms with Crippen LogP contribution >= 0.6 is 0 Å². The molecule has 0 saturated heterocycles. The van der Waals surface area contributed by atoms with Gasteiger partial charge >= 0.3 is 6.03 Å². The molecule has 3 aromatic rings. The molecule has 0 fully saturated rings. The van der Waals surface area contributed by atoms with Crippen LogP contribution in [0.1, 0.15) is 23.2 Å². The summed E-state index contributed by atoms with van der Waals surface area (Å²) in [4.78, 5) is 15.7. The van der Waals surface area contributed by atoms with E-state index in [1.54, 1.807) is 0 Å². The summed E-state index contributed by atoms with van der Waals surface area (Å²) in [5.74, 6) is 0. The van der Waals surface area contributed by atoms with Gasteiger partial charge in [-0.25, -0.2) is 4.79 Å². The molecule has 1 aromatic heterocycles. The van der Waals surface area contributed by atoms with Crippen molar-refractivity contribution in [2.45, 2.75) is 31.7 Å². The Morgan fingerprint density at radius 3 is 2.76 bits per heavy atom. The van der Waals surface area contributed by atoms with Crippen LogP contribution in [-0.4, -0.2) is 23.6 Å². The zero-order valence-electron chi connectivity index (χ0n) is 14.2. The predicted molar refractivity (Wildman–Crippen MR) is 101 cm³/mol. The highest BCUT2D eigenvalue weighted by Crippen LogP contribution is 2.28. The largest absolute Gasteiger partial charge is 0.358 e. The summed E-state index contributed by atoms with van der Waals surface area (Å²) in [7, 11) is 0. The van der Waals surface area contributed by atoms with E-state index in [9.17, 15) is 4.79 Å². The second-order valence-corrected chi connectivity index (χ2v) is 6.70. The fraction of sp³-hybridized carbons (Fsp3) is 0.286. The number of carbonyl (C=O) groups excluding carboxylic acids is 1. The Morgan fingerprint density at radius 2 is 1.88 bits per heavy atom. The minimum absolute atomic E-state index is 0.0690. The van der Waals surface area contributed by atoms with Gasteiger partial charge in [0.2, 0.25) is 0 Å². The first-order valence-corrected chi connectivity index (χ1v) is 8.96. The lowest BCUT2D eigenvalue weighted by Crippen LogP contribution is -2.45. The zero-order chi connectivity index (χ0) is 17.1. The Hall–Kier alpha value is -2.75. The summed E-state index contributed by atoms with van der Waals surface area (Å²) in [6.07, 6.45) is 3.72. The Bertz CT molecular complexity index is 869. The van der Waals surface area contributed by atoms with Gasteiger partial charge in [-0.05, 0) is 36.5 Å². The topological polar surface area (TPSA) is 56.9 Å². The third kappa shape index (κ3) is 3.53. The Morgan fingerprint density at radius 1 is 1.08 bits per heavy atom. The minimum atomic E-state index is -0.0690. The van der Waals surface area contributed by atoms with E-state index in [2.05, 4.69) is 52.0 Å². The maximum absolute atomic E-state index is 12.2. The number of rotatable bonds is 4. The molecule has 1 heterocycles. The van der Waals surface area contributed by atoms with Crippen molar-refractivity contribution in [2.75, 3.05) is 6.54 Å². The number of aromatic nitrogens is 1. The van der Waals surface area contributed by atoms with E-state index >= 15 is 0 Å². The van der Waals surface area contributed by atoms with Crippen LogP contribution in [0.2, 0.25) is 0 Å². The summed E-state index contributed by atoms with van der Waals surface area (Å²) in [5, 5.41) is 7.41. The lowest BCUT2D eigenvalue weighted by atomic mass is 9.92. The first-order valence-electron chi connectivity index (χ1n) is 8.96. The maximum Gasteiger partial charge on any atom is 0.315 e. The number of hydrogen-bond donors (Lipinski definition) is 3. The highest BCUT2D eigenvalue weighted by molar-refractivity contribution is 5.85. The molecule has 2 amide bonds. The molecule has 128 valence electrons. The normalized spacial score (nSPS) is 16.4. The number of aryl methyl sites for hydroxylation is 1. The number of amides is 2. The van der Waals surface area contributed by atoms with Gasteiger partial charge in [0.25, 0.3) is 0 Å². The van der Waals surface area contributed by atoms with Crippen molar-refractivity contribution in [3.63, 3.8) is 0 Å². The van der Waals surface area contributed by atoms with Crippen molar-refractivity contribution in [1.82, 2.24) is 15.6 Å². The molecule has 4 nitrogen and oxygen atoms in total. The van der Waals surface area contributed by atoms with Crippen LogP contribution in [-0.2, 0) is 19.3 Å². The van der Waals surface area contributed by atoms with Gasteiger partial charge in [0.1, 0.15) is 0 Å². The molecule has 0 spiro atoms. The standard InChI is InChI=1S/C21H23N3O/c25-21(22-13-12-15-6-2-1-3-7-15)23-16-10-11-18-17-8-4-5-9-19(17)24-20(18)14-16/h1-9,16,24H,10-14H2,(H2,22,23,25). The molecule has 25 heavy (non-hydrogen) atoms. The molecule has 3 N–H and O–H groups in total. The van der Waals surface area contributed by atoms with Crippen LogP contribution in [0.4, 0.5) is 4.79 Å². The molecule has 4 rings (SSSR count). The van der Waals surface area contributed by atoms with Crippen molar-refractivity contribution < 1.29 is 4.79 Å². The van der Waals surface area contributed by atoms with Gasteiger partial charge in [-0.3, -0.25) is 0 Å². The summed E-state index contributed by atoms with van der Waals surface area (Å²) >= 11 is 0. The fourth-order valence-electron chi connectivity index (χ4n) is 3.71. The number of urea groups is 1. The first kappa shape index (κ1) is 15.8. The average Bonchev–Trinajstić information content (AvgIpc) is 3.00. The molecule has 0 saturated carbocycles. The predicted octanol–water partition coefficient (Wildman–Crippen LogP) is 3.57. The van der Waals surface area contributed by atoms with Crippen LogP contribution in [0, 0.1) is 0 Å². The van der Waals surface area contributed by atoms with Gasteiger partial charge in [-0.15, -0.1) is 0 Å². The summed E-state index contributed by atoms with van der Waals surface area (Å²) in [5.41, 5.74) is 5.11. The van der Waals surface area contributed by atoms with E-state index in [1.165, 1.54) is 27.7 Å². The van der Waals surface area contributed by atoms with E-state index in [0.717, 1.165) is 25.7 Å². The van der Waals surface area contributed by atoms with E-state index in [-0.39, 0.29) is 12.1 Å². The van der Waals surface area contributed by atoms with Gasteiger partial charge < -0.3 is 15.6 Å². The zero-order valence-corrected chi connectivity index (χ0v) is 14.2. The van der Waals surface area contributed by atoms with Gasteiger partial charge in [0.15, 0.2) is 0 Å². The quantitative estimate of drug-likeness (QED) is 0.672. The minimum Gasteiger partial charge on any atom is -0.358 e. The molecule has 0 bridgehead atoms. The van der Waals surface area contributed by atoms with Crippen molar-refractivity contribution in [1.29, 1.82) is 0 Å². The molecule has 1 unspecified atom stereocenters. The van der Waals surface area contributed by atoms with Crippen LogP contribution in [0.15, 0.2) is 54.6 Å². The molecule has 1 aliphatic carbocycles. The number of benzene rings is 2. The molecular formula is C21H23N3O. The SMILES string of the molecule is O=C(NCCc1ccccc1)NC1CCc2c([nH]c3ccccc23)C1. The van der Waals surface area contributed by atoms with E-state index < -0.39 is 0 Å². The molecule has 1 aliphatic rings. The van der Waals surface area contributed by atoms with Crippen LogP contribution in [0.5, 0.6) is 0 Å². The van der Waals surface area contributed by atoms with Crippen LogP contribution in [0.3, 0.4) is 0 Å². The highest BCUT2D eigenvalue weighted by Gasteiger charge is 2.23. The number of para-hydroxylation sites is 1. The van der Waals surface area contributed by atoms with Crippen molar-refractivity contribution in [3.05, 3.63) is 71.4 Å². The molecule has 1 atom stereocenters. The Kier molecular flexibility index (Phi) is 4.42. The lowest BCUT2D eigenvalue weighted by molar-refractivity contribution is 0.235. The Labute approximate surface area is 147 Å². The second kappa shape index (κ2) is 7.01. The molecule has 0 aliphatic heterocycles. The molecular weight excluding hydrogens is 310 g/mol. The number of carbonyl (C=O) groups is 1. The van der Waals surface area contributed by atoms with Gasteiger partial charge in [0.05, 0.1) is 0 Å². The fourth-order valence-corrected chi connectivity index (χ4v) is 3.71. The number of hydrogen-bond acceptors (Lipinski definition) is 1. The summed E-state index contributed by atoms with van der Waals surface area (Å²) in [6.45, 7) is 0.653. The maximum atomic E-state index is 12.2. The van der Waals surface area contributed by atoms with Gasteiger partial charge in [-0.1, -0.05) is 48.5 Å². The number of fused-ring (bicyclic) bond motifs is 3. The first-order chi connectivity index (χ1) is 12.3. The average molecular weight is 333 g/mol. The lowest BCUT2D eigenvalue weighted by Gasteiger charge is -2.23. The number of aromatic amines is 1. The Balaban J connectivity index is 1.31. The van der Waals surface area contributed by atoms with Crippen LogP contribution < -0.4 is 10.6 Å². The van der Waals surface area contributed by atoms with E-state index in [0.29, 0.717) is 6.54 Å². The number of nitrogens with one attached hydrogen (secondary N) is 3. The van der Waals surface area contributed by atoms with E-state index in [4.69, 9.17) is 0 Å². The van der Waals surface area contributed by atoms with Crippen molar-refractivity contribution >= 4 is 16.9 Å². The summed E-state index contributed by atoms with van der Waals surface area (Å²) in [6, 6.07) is 18.8. The highest BCUT2D eigenvalue weighted by atomic mass is 16.2. The smallest absolute Gasteiger partial charge is 0.315 e. The van der Waals surface area contributed by atoms with Gasteiger partial charge in [-0.2, -0.15) is 0 Å². The molecule has 2 aromatic carbocycles. The third-order valence-corrected chi connectivity index (χ3v) is 4.97. The van der Waals surface area contributed by atoms with Crippen molar-refractivity contribution in [3.8, 4) is 0 Å². The second-order valence-electron chi connectivity index (χ2n) is 6.70. The number of H-pyrrole nitrogens is 1. The molecule has 4 heteroatoms. The van der Waals surface area contributed by atoms with Crippen molar-refractivity contribution in [2.24, 2.45) is 0 Å². The van der Waals surface area contributed by atoms with E-state index in [1.807, 2.05) is 18.2 Å². The monoisotopic (exact) mass is 333 g/mol. The third-order valence-electron chi connectivity index (χ3n) is 4.97. The summed E-state index contributed by atoms with van der Waals surface area (Å²) < 4.78 is 0.